The van der Waals surface area contributed by atoms with Gasteiger partial charge in [0.15, 0.2) is 0 Å². The minimum Gasteiger partial charge on any atom is -0.495 e. The fraction of sp³-hybridized carbons (Fsp3) is 0.294. The molecule has 23 heavy (non-hydrogen) atoms. The normalized spacial score (nSPS) is 10.2. The summed E-state index contributed by atoms with van der Waals surface area (Å²) in [6.07, 6.45) is 4.32. The Bertz CT molecular complexity index is 650. The molecule has 122 valence electrons. The second kappa shape index (κ2) is 8.39. The van der Waals surface area contributed by atoms with Gasteiger partial charge in [-0.2, -0.15) is 0 Å². The van der Waals surface area contributed by atoms with Crippen LogP contribution in [0, 0.1) is 0 Å². The molecule has 2 aromatic rings. The molecule has 0 unspecified atom stereocenters. The Kier molecular flexibility index (Phi) is 6.23. The van der Waals surface area contributed by atoms with E-state index in [0.717, 1.165) is 17.7 Å². The lowest BCUT2D eigenvalue weighted by molar-refractivity contribution is -0.127. The maximum Gasteiger partial charge on any atom is 0.241 e. The van der Waals surface area contributed by atoms with Crippen LogP contribution in [0.1, 0.15) is 5.56 Å². The molecule has 1 amide bonds. The molecular formula is C17H20ClN3O2. The van der Waals surface area contributed by atoms with Gasteiger partial charge >= 0.3 is 0 Å². The molecule has 0 atom stereocenters. The summed E-state index contributed by atoms with van der Waals surface area (Å²) in [5.74, 6) is 0.629. The van der Waals surface area contributed by atoms with Crippen LogP contribution < -0.4 is 10.1 Å². The van der Waals surface area contributed by atoms with E-state index in [-0.39, 0.29) is 12.5 Å². The number of likely N-dealkylation sites (N-methyl/N-ethyl adjacent to an activating group) is 1. The standard InChI is InChI=1S/C17H20ClN3O2/c1-21(10-7-13-5-8-19-9-6-13)17(22)12-20-14-3-4-16(23-2)15(18)11-14/h3-6,8-9,11,20H,7,10,12H2,1-2H3. The molecule has 2 rings (SSSR count). The summed E-state index contributed by atoms with van der Waals surface area (Å²) < 4.78 is 5.10. The Hall–Kier alpha value is -2.27. The van der Waals surface area contributed by atoms with E-state index in [1.54, 1.807) is 43.6 Å². The lowest BCUT2D eigenvalue weighted by Gasteiger charge is -2.18. The number of carbonyl (C=O) groups excluding carboxylic acids is 1. The summed E-state index contributed by atoms with van der Waals surface area (Å²) in [6.45, 7) is 0.878. The van der Waals surface area contributed by atoms with Gasteiger partial charge in [-0.25, -0.2) is 0 Å². The maximum absolute atomic E-state index is 12.1. The predicted molar refractivity (Wildman–Crippen MR) is 92.1 cm³/mol. The van der Waals surface area contributed by atoms with Crippen LogP contribution in [0.15, 0.2) is 42.7 Å². The largest absolute Gasteiger partial charge is 0.495 e. The fourth-order valence-corrected chi connectivity index (χ4v) is 2.32. The second-order valence-electron chi connectivity index (χ2n) is 5.12. The van der Waals surface area contributed by atoms with Crippen molar-refractivity contribution in [3.8, 4) is 5.75 Å². The number of pyridine rings is 1. The van der Waals surface area contributed by atoms with Crippen molar-refractivity contribution in [2.24, 2.45) is 0 Å². The van der Waals surface area contributed by atoms with Crippen molar-refractivity contribution in [2.45, 2.75) is 6.42 Å². The molecule has 0 saturated heterocycles. The third kappa shape index (κ3) is 5.14. The lowest BCUT2D eigenvalue weighted by atomic mass is 10.2. The molecule has 0 saturated carbocycles. The van der Waals surface area contributed by atoms with Gasteiger partial charge in [0.2, 0.25) is 5.91 Å². The van der Waals surface area contributed by atoms with Crippen molar-refractivity contribution >= 4 is 23.2 Å². The first-order chi connectivity index (χ1) is 11.1. The monoisotopic (exact) mass is 333 g/mol. The van der Waals surface area contributed by atoms with E-state index >= 15 is 0 Å². The zero-order valence-electron chi connectivity index (χ0n) is 13.3. The lowest BCUT2D eigenvalue weighted by Crippen LogP contribution is -2.33. The van der Waals surface area contributed by atoms with Crippen LogP contribution in [0.5, 0.6) is 5.75 Å². The van der Waals surface area contributed by atoms with Crippen molar-refractivity contribution < 1.29 is 9.53 Å². The number of aromatic nitrogens is 1. The number of hydrogen-bond donors (Lipinski definition) is 1. The fourth-order valence-electron chi connectivity index (χ4n) is 2.06. The Morgan fingerprint density at radius 3 is 2.70 bits per heavy atom. The number of methoxy groups -OCH3 is 1. The SMILES string of the molecule is COc1ccc(NCC(=O)N(C)CCc2ccncc2)cc1Cl. The van der Waals surface area contributed by atoms with Gasteiger partial charge in [-0.1, -0.05) is 11.6 Å². The van der Waals surface area contributed by atoms with E-state index in [0.29, 0.717) is 17.3 Å². The van der Waals surface area contributed by atoms with Gasteiger partial charge in [-0.15, -0.1) is 0 Å². The molecule has 0 bridgehead atoms. The average Bonchev–Trinajstić information content (AvgIpc) is 2.58. The Labute approximate surface area is 141 Å². The molecule has 0 fully saturated rings. The second-order valence-corrected chi connectivity index (χ2v) is 5.53. The molecule has 0 aliphatic rings. The highest BCUT2D eigenvalue weighted by Gasteiger charge is 2.09. The summed E-state index contributed by atoms with van der Waals surface area (Å²) in [5.41, 5.74) is 1.95. The topological polar surface area (TPSA) is 54.5 Å². The quantitative estimate of drug-likeness (QED) is 0.846. The van der Waals surface area contributed by atoms with E-state index in [9.17, 15) is 4.79 Å². The molecule has 1 heterocycles. The van der Waals surface area contributed by atoms with Crippen LogP contribution >= 0.6 is 11.6 Å². The molecule has 5 nitrogen and oxygen atoms in total. The van der Waals surface area contributed by atoms with Gasteiger partial charge in [-0.3, -0.25) is 9.78 Å². The van der Waals surface area contributed by atoms with Crippen LogP contribution in [0.25, 0.3) is 0 Å². The number of hydrogen-bond acceptors (Lipinski definition) is 4. The summed E-state index contributed by atoms with van der Waals surface area (Å²) in [7, 11) is 3.36. The number of anilines is 1. The van der Waals surface area contributed by atoms with Crippen molar-refractivity contribution in [3.05, 3.63) is 53.3 Å². The Morgan fingerprint density at radius 2 is 2.04 bits per heavy atom. The average molecular weight is 334 g/mol. The molecule has 0 spiro atoms. The molecular weight excluding hydrogens is 314 g/mol. The molecule has 0 aliphatic carbocycles. The highest BCUT2D eigenvalue weighted by atomic mass is 35.5. The molecule has 6 heteroatoms. The number of amides is 1. The smallest absolute Gasteiger partial charge is 0.241 e. The molecule has 1 aromatic heterocycles. The molecule has 0 aliphatic heterocycles. The van der Waals surface area contributed by atoms with Crippen molar-refractivity contribution in [1.82, 2.24) is 9.88 Å². The summed E-state index contributed by atoms with van der Waals surface area (Å²) in [4.78, 5) is 17.8. The van der Waals surface area contributed by atoms with Gasteiger partial charge in [-0.05, 0) is 42.3 Å². The Morgan fingerprint density at radius 1 is 1.30 bits per heavy atom. The number of nitrogens with zero attached hydrogens (tertiary/aromatic N) is 2. The van der Waals surface area contributed by atoms with Crippen molar-refractivity contribution in [2.75, 3.05) is 32.6 Å². The van der Waals surface area contributed by atoms with Crippen molar-refractivity contribution in [3.63, 3.8) is 0 Å². The summed E-state index contributed by atoms with van der Waals surface area (Å²) >= 11 is 6.06. The molecule has 1 aromatic carbocycles. The van der Waals surface area contributed by atoms with Gasteiger partial charge in [0.1, 0.15) is 5.75 Å². The number of ether oxygens (including phenoxy) is 1. The maximum atomic E-state index is 12.1. The molecule has 0 radical (unpaired) electrons. The minimum atomic E-state index is 0.0194. The van der Waals surface area contributed by atoms with E-state index < -0.39 is 0 Å². The van der Waals surface area contributed by atoms with Crippen molar-refractivity contribution in [1.29, 1.82) is 0 Å². The number of carbonyl (C=O) groups is 1. The third-order valence-corrected chi connectivity index (χ3v) is 3.80. The first-order valence-electron chi connectivity index (χ1n) is 7.30. The zero-order valence-corrected chi connectivity index (χ0v) is 14.0. The number of rotatable bonds is 7. The van der Waals surface area contributed by atoms with Crippen LogP contribution in [-0.2, 0) is 11.2 Å². The van der Waals surface area contributed by atoms with Gasteiger partial charge in [0.05, 0.1) is 18.7 Å². The summed E-state index contributed by atoms with van der Waals surface area (Å²) in [6, 6.07) is 9.24. The highest BCUT2D eigenvalue weighted by molar-refractivity contribution is 6.32. The first-order valence-corrected chi connectivity index (χ1v) is 7.68. The van der Waals surface area contributed by atoms with Crippen LogP contribution in [0.3, 0.4) is 0 Å². The number of benzene rings is 1. The van der Waals surface area contributed by atoms with E-state index in [1.807, 2.05) is 18.2 Å². The predicted octanol–water partition coefficient (Wildman–Crippen LogP) is 2.86. The van der Waals surface area contributed by atoms with Crippen LogP contribution in [0.4, 0.5) is 5.69 Å². The number of halogens is 1. The van der Waals surface area contributed by atoms with Gasteiger partial charge in [0.25, 0.3) is 0 Å². The first kappa shape index (κ1) is 17.1. The van der Waals surface area contributed by atoms with E-state index in [4.69, 9.17) is 16.3 Å². The van der Waals surface area contributed by atoms with E-state index in [1.165, 1.54) is 0 Å². The molecule has 1 N–H and O–H groups in total. The third-order valence-electron chi connectivity index (χ3n) is 3.51. The number of nitrogens with one attached hydrogen (secondary N) is 1. The van der Waals surface area contributed by atoms with Gasteiger partial charge in [0, 0.05) is 31.7 Å². The van der Waals surface area contributed by atoms with Crippen LogP contribution in [0.2, 0.25) is 5.02 Å². The van der Waals surface area contributed by atoms with Crippen LogP contribution in [-0.4, -0.2) is 43.0 Å². The highest BCUT2D eigenvalue weighted by Crippen LogP contribution is 2.27. The minimum absolute atomic E-state index is 0.0194. The summed E-state index contributed by atoms with van der Waals surface area (Å²) in [5, 5.41) is 3.58. The van der Waals surface area contributed by atoms with Gasteiger partial charge < -0.3 is 15.0 Å². The zero-order chi connectivity index (χ0) is 16.7. The Balaban J connectivity index is 1.80. The van der Waals surface area contributed by atoms with E-state index in [2.05, 4.69) is 10.3 Å².